The first-order chi connectivity index (χ1) is 13.4. The second-order valence-electron chi connectivity index (χ2n) is 6.48. The maximum Gasteiger partial charge on any atom is 0.306 e. The number of rotatable bonds is 9. The van der Waals surface area contributed by atoms with Gasteiger partial charge in [-0.1, -0.05) is 60.7 Å². The van der Waals surface area contributed by atoms with Gasteiger partial charge in [-0.05, 0) is 24.5 Å². The molecule has 0 aromatic heterocycles. The summed E-state index contributed by atoms with van der Waals surface area (Å²) in [7, 11) is 0. The van der Waals surface area contributed by atoms with Crippen molar-refractivity contribution in [3.8, 4) is 0 Å². The van der Waals surface area contributed by atoms with Crippen LogP contribution in [0.3, 0.4) is 0 Å². The molecule has 7 heteroatoms. The number of carbonyl (C=O) groups excluding carboxylic acids is 3. The molecule has 2 aromatic carbocycles. The molecule has 7 nitrogen and oxygen atoms in total. The zero-order chi connectivity index (χ0) is 20.5. The van der Waals surface area contributed by atoms with Crippen molar-refractivity contribution >= 4 is 17.8 Å². The first-order valence-corrected chi connectivity index (χ1v) is 9.03. The van der Waals surface area contributed by atoms with E-state index in [0.29, 0.717) is 0 Å². The Bertz CT molecular complexity index is 754. The van der Waals surface area contributed by atoms with Crippen molar-refractivity contribution in [2.75, 3.05) is 0 Å². The van der Waals surface area contributed by atoms with E-state index in [-0.39, 0.29) is 12.8 Å². The van der Waals surface area contributed by atoms with Gasteiger partial charge in [0.2, 0.25) is 11.8 Å². The zero-order valence-corrected chi connectivity index (χ0v) is 15.7. The second-order valence-corrected chi connectivity index (χ2v) is 6.48. The highest BCUT2D eigenvalue weighted by atomic mass is 16.5. The van der Waals surface area contributed by atoms with Gasteiger partial charge < -0.3 is 21.5 Å². The Morgan fingerprint density at radius 2 is 1.46 bits per heavy atom. The largest absolute Gasteiger partial charge is 0.453 e. The third-order valence-corrected chi connectivity index (χ3v) is 4.16. The first kappa shape index (κ1) is 21.1. The molecule has 0 saturated heterocycles. The molecule has 0 saturated carbocycles. The fourth-order valence-corrected chi connectivity index (χ4v) is 2.63. The van der Waals surface area contributed by atoms with Crippen LogP contribution >= 0.6 is 0 Å². The number of amides is 2. The van der Waals surface area contributed by atoms with Crippen LogP contribution in [0.2, 0.25) is 0 Å². The lowest BCUT2D eigenvalue weighted by Crippen LogP contribution is -2.49. The normalized spacial score (nSPS) is 12.8. The lowest BCUT2D eigenvalue weighted by atomic mass is 10.0. The van der Waals surface area contributed by atoms with Gasteiger partial charge in [-0.15, -0.1) is 0 Å². The van der Waals surface area contributed by atoms with Crippen LogP contribution in [0.1, 0.15) is 37.0 Å². The fraction of sp³-hybridized carbons (Fsp3) is 0.286. The molecule has 0 aliphatic rings. The summed E-state index contributed by atoms with van der Waals surface area (Å²) in [5.74, 6) is -1.74. The molecular formula is C21H25N3O4. The number of nitrogens with one attached hydrogen (secondary N) is 1. The predicted octanol–water partition coefficient (Wildman–Crippen LogP) is 1.42. The van der Waals surface area contributed by atoms with E-state index in [1.807, 2.05) is 60.7 Å². The highest BCUT2D eigenvalue weighted by molar-refractivity contribution is 5.89. The second kappa shape index (κ2) is 10.2. The average molecular weight is 383 g/mol. The molecule has 5 N–H and O–H groups in total. The number of esters is 1. The van der Waals surface area contributed by atoms with E-state index in [1.165, 1.54) is 6.92 Å². The highest BCUT2D eigenvalue weighted by Crippen LogP contribution is 2.26. The Morgan fingerprint density at radius 1 is 0.964 bits per heavy atom. The number of benzene rings is 2. The minimum Gasteiger partial charge on any atom is -0.453 e. The van der Waals surface area contributed by atoms with Crippen molar-refractivity contribution in [3.63, 3.8) is 0 Å². The van der Waals surface area contributed by atoms with Crippen LogP contribution < -0.4 is 16.8 Å². The number of nitrogens with two attached hydrogens (primary N) is 2. The molecular weight excluding hydrogens is 358 g/mol. The summed E-state index contributed by atoms with van der Waals surface area (Å²) in [4.78, 5) is 35.7. The monoisotopic (exact) mass is 383 g/mol. The summed E-state index contributed by atoms with van der Waals surface area (Å²) in [6.07, 6.45) is -0.619. The fourth-order valence-electron chi connectivity index (χ4n) is 2.63. The molecule has 2 atom stereocenters. The number of carbonyl (C=O) groups is 3. The number of hydrogen-bond donors (Lipinski definition) is 3. The van der Waals surface area contributed by atoms with Gasteiger partial charge in [-0.3, -0.25) is 14.4 Å². The van der Waals surface area contributed by atoms with Gasteiger partial charge in [0, 0.05) is 6.42 Å². The first-order valence-electron chi connectivity index (χ1n) is 9.03. The van der Waals surface area contributed by atoms with Gasteiger partial charge in [0.25, 0.3) is 0 Å². The van der Waals surface area contributed by atoms with E-state index >= 15 is 0 Å². The van der Waals surface area contributed by atoms with Crippen molar-refractivity contribution in [1.82, 2.24) is 5.32 Å². The number of hydrogen-bond acceptors (Lipinski definition) is 5. The molecule has 28 heavy (non-hydrogen) atoms. The van der Waals surface area contributed by atoms with Gasteiger partial charge in [0.15, 0.2) is 6.10 Å². The summed E-state index contributed by atoms with van der Waals surface area (Å²) in [5.41, 5.74) is 12.5. The average Bonchev–Trinajstić information content (AvgIpc) is 2.70. The lowest BCUT2D eigenvalue weighted by Gasteiger charge is -2.20. The molecule has 0 aliphatic carbocycles. The maximum atomic E-state index is 12.4. The van der Waals surface area contributed by atoms with Crippen LogP contribution in [-0.2, 0) is 19.1 Å². The van der Waals surface area contributed by atoms with Crippen LogP contribution in [-0.4, -0.2) is 29.9 Å². The third kappa shape index (κ3) is 6.21. The summed E-state index contributed by atoms with van der Waals surface area (Å²) >= 11 is 0. The molecule has 0 unspecified atom stereocenters. The Balaban J connectivity index is 2.05. The molecule has 148 valence electrons. The molecule has 0 heterocycles. The zero-order valence-electron chi connectivity index (χ0n) is 15.7. The lowest BCUT2D eigenvalue weighted by molar-refractivity contribution is -0.148. The van der Waals surface area contributed by atoms with E-state index in [2.05, 4.69) is 5.32 Å². The van der Waals surface area contributed by atoms with E-state index in [4.69, 9.17) is 16.2 Å². The van der Waals surface area contributed by atoms with Gasteiger partial charge in [0.05, 0.1) is 6.04 Å². The van der Waals surface area contributed by atoms with Crippen molar-refractivity contribution in [1.29, 1.82) is 0 Å². The molecule has 0 fully saturated rings. The topological polar surface area (TPSA) is 125 Å². The summed E-state index contributed by atoms with van der Waals surface area (Å²) < 4.78 is 5.68. The van der Waals surface area contributed by atoms with Gasteiger partial charge in [-0.25, -0.2) is 0 Å². The van der Waals surface area contributed by atoms with Gasteiger partial charge in [-0.2, -0.15) is 0 Å². The van der Waals surface area contributed by atoms with E-state index < -0.39 is 36.0 Å². The standard InChI is InChI=1S/C21H25N3O4/c1-14(22)21(27)24-17(20(23)26)12-13-18(25)28-19(15-8-4-2-5-9-15)16-10-6-3-7-11-16/h2-11,14,17,19H,12-13,22H2,1H3,(H2,23,26)(H,24,27)/t14-,17+/m0/s1. The van der Waals surface area contributed by atoms with E-state index in [1.54, 1.807) is 0 Å². The Labute approximate surface area is 164 Å². The summed E-state index contributed by atoms with van der Waals surface area (Å²) in [5, 5.41) is 2.44. The van der Waals surface area contributed by atoms with E-state index in [9.17, 15) is 14.4 Å². The molecule has 2 amide bonds. The minimum absolute atomic E-state index is 0.0307. The van der Waals surface area contributed by atoms with Crippen LogP contribution in [0.15, 0.2) is 60.7 Å². The molecule has 2 aromatic rings. The molecule has 0 aliphatic heterocycles. The van der Waals surface area contributed by atoms with Gasteiger partial charge in [0.1, 0.15) is 6.04 Å². The van der Waals surface area contributed by atoms with E-state index in [0.717, 1.165) is 11.1 Å². The minimum atomic E-state index is -0.988. The molecule has 2 rings (SSSR count). The van der Waals surface area contributed by atoms with Crippen molar-refractivity contribution in [3.05, 3.63) is 71.8 Å². The van der Waals surface area contributed by atoms with Crippen LogP contribution in [0, 0.1) is 0 Å². The third-order valence-electron chi connectivity index (χ3n) is 4.16. The molecule has 0 radical (unpaired) electrons. The van der Waals surface area contributed by atoms with Crippen molar-refractivity contribution in [2.45, 2.75) is 38.0 Å². The van der Waals surface area contributed by atoms with Gasteiger partial charge >= 0.3 is 5.97 Å². The van der Waals surface area contributed by atoms with Crippen LogP contribution in [0.4, 0.5) is 0 Å². The van der Waals surface area contributed by atoms with Crippen LogP contribution in [0.25, 0.3) is 0 Å². The molecule has 0 bridgehead atoms. The smallest absolute Gasteiger partial charge is 0.306 e. The number of ether oxygens (including phenoxy) is 1. The Morgan fingerprint density at radius 3 is 1.89 bits per heavy atom. The Kier molecular flexibility index (Phi) is 7.71. The highest BCUT2D eigenvalue weighted by Gasteiger charge is 2.23. The maximum absolute atomic E-state index is 12.4. The van der Waals surface area contributed by atoms with Crippen LogP contribution in [0.5, 0.6) is 0 Å². The summed E-state index contributed by atoms with van der Waals surface area (Å²) in [6.45, 7) is 1.49. The summed E-state index contributed by atoms with van der Waals surface area (Å²) in [6, 6.07) is 17.0. The van der Waals surface area contributed by atoms with Crippen molar-refractivity contribution < 1.29 is 19.1 Å². The van der Waals surface area contributed by atoms with Crippen molar-refractivity contribution in [2.24, 2.45) is 11.5 Å². The Hall–Kier alpha value is -3.19. The quantitative estimate of drug-likeness (QED) is 0.565. The SMILES string of the molecule is C[C@H](N)C(=O)N[C@H](CCC(=O)OC(c1ccccc1)c1ccccc1)C(N)=O. The molecule has 0 spiro atoms. The predicted molar refractivity (Wildman–Crippen MR) is 105 cm³/mol. The number of primary amides is 1.